The summed E-state index contributed by atoms with van der Waals surface area (Å²) in [4.78, 5) is 33.6. The number of anilines is 1. The summed E-state index contributed by atoms with van der Waals surface area (Å²) in [5.74, 6) is -0.380. The molecule has 2 amide bonds. The highest BCUT2D eigenvalue weighted by molar-refractivity contribution is 8.15. The van der Waals surface area contributed by atoms with Crippen LogP contribution < -0.4 is 21.3 Å². The fourth-order valence-corrected chi connectivity index (χ4v) is 6.13. The molecular weight excluding hydrogens is 511 g/mol. The van der Waals surface area contributed by atoms with E-state index in [1.54, 1.807) is 31.3 Å². The number of benzene rings is 2. The molecule has 12 heteroatoms. The van der Waals surface area contributed by atoms with Gasteiger partial charge in [-0.1, -0.05) is 28.3 Å². The first-order chi connectivity index (χ1) is 16.8. The summed E-state index contributed by atoms with van der Waals surface area (Å²) in [6.45, 7) is 1.83. The molecule has 0 aliphatic carbocycles. The SMILES string of the molecule is C/C=S(/NC(=O)Nc1ccc(-n2cnc3cc(C(N)=NC)ccc3c2=O)c(F)c1)c1ccc(Cl)s1. The van der Waals surface area contributed by atoms with Crippen LogP contribution in [0.1, 0.15) is 12.5 Å². The predicted octanol–water partition coefficient (Wildman–Crippen LogP) is 4.76. The van der Waals surface area contributed by atoms with Gasteiger partial charge in [-0.25, -0.2) is 14.2 Å². The minimum Gasteiger partial charge on any atom is -0.384 e. The molecule has 4 aromatic rings. The zero-order valence-corrected chi connectivity index (χ0v) is 21.0. The molecule has 4 N–H and O–H groups in total. The maximum atomic E-state index is 15.0. The molecule has 1 atom stereocenters. The number of halogens is 2. The van der Waals surface area contributed by atoms with Gasteiger partial charge in [0, 0.05) is 18.3 Å². The fraction of sp³-hybridized carbons (Fsp3) is 0.0870. The Kier molecular flexibility index (Phi) is 7.29. The molecule has 0 radical (unpaired) electrons. The highest BCUT2D eigenvalue weighted by Gasteiger charge is 2.13. The van der Waals surface area contributed by atoms with Crippen LogP contribution in [0.25, 0.3) is 16.6 Å². The van der Waals surface area contributed by atoms with Crippen LogP contribution in [0.2, 0.25) is 4.34 Å². The number of amidine groups is 1. The molecule has 2 heterocycles. The number of aliphatic imine (C=N–C) groups is 1. The number of aromatic nitrogens is 2. The Morgan fingerprint density at radius 1 is 1.26 bits per heavy atom. The number of hydrogen-bond donors (Lipinski definition) is 3. The van der Waals surface area contributed by atoms with E-state index in [0.717, 1.165) is 14.8 Å². The van der Waals surface area contributed by atoms with Crippen molar-refractivity contribution in [2.45, 2.75) is 11.1 Å². The monoisotopic (exact) mass is 530 g/mol. The van der Waals surface area contributed by atoms with E-state index in [0.29, 0.717) is 26.6 Å². The van der Waals surface area contributed by atoms with E-state index in [9.17, 15) is 14.0 Å². The number of amides is 2. The smallest absolute Gasteiger partial charge is 0.329 e. The highest BCUT2D eigenvalue weighted by atomic mass is 35.5. The van der Waals surface area contributed by atoms with Gasteiger partial charge < -0.3 is 11.1 Å². The Hall–Kier alpha value is -3.54. The molecule has 2 aromatic carbocycles. The second-order valence-corrected chi connectivity index (χ2v) is 10.9. The lowest BCUT2D eigenvalue weighted by Crippen LogP contribution is -2.24. The summed E-state index contributed by atoms with van der Waals surface area (Å²) in [6, 6.07) is 12.0. The lowest BCUT2D eigenvalue weighted by Gasteiger charge is -2.12. The van der Waals surface area contributed by atoms with Gasteiger partial charge >= 0.3 is 6.03 Å². The normalized spacial score (nSPS) is 12.6. The largest absolute Gasteiger partial charge is 0.384 e. The van der Waals surface area contributed by atoms with Gasteiger partial charge in [0.15, 0.2) is 0 Å². The van der Waals surface area contributed by atoms with Gasteiger partial charge in [0.1, 0.15) is 18.0 Å². The van der Waals surface area contributed by atoms with Crippen molar-refractivity contribution in [1.82, 2.24) is 14.3 Å². The number of rotatable bonds is 5. The van der Waals surface area contributed by atoms with Crippen molar-refractivity contribution in [3.05, 3.63) is 80.9 Å². The number of thiophene rings is 1. The van der Waals surface area contributed by atoms with E-state index >= 15 is 0 Å². The molecule has 0 saturated carbocycles. The van der Waals surface area contributed by atoms with Gasteiger partial charge in [0.25, 0.3) is 5.56 Å². The number of nitrogens with two attached hydrogens (primary N) is 1. The number of hydrogen-bond acceptors (Lipinski definition) is 5. The number of urea groups is 1. The summed E-state index contributed by atoms with van der Waals surface area (Å²) in [5.41, 5.74) is 6.67. The number of carbonyl (C=O) groups is 1. The van der Waals surface area contributed by atoms with Crippen molar-refractivity contribution >= 4 is 67.4 Å². The van der Waals surface area contributed by atoms with Crippen LogP contribution in [0.4, 0.5) is 14.9 Å². The van der Waals surface area contributed by atoms with Crippen LogP contribution in [0.15, 0.2) is 68.9 Å². The van der Waals surface area contributed by atoms with Gasteiger partial charge in [0.05, 0.1) is 25.1 Å². The highest BCUT2D eigenvalue weighted by Crippen LogP contribution is 2.33. The van der Waals surface area contributed by atoms with Crippen molar-refractivity contribution in [2.24, 2.45) is 10.7 Å². The Morgan fingerprint density at radius 3 is 2.71 bits per heavy atom. The maximum Gasteiger partial charge on any atom is 0.329 e. The summed E-state index contributed by atoms with van der Waals surface area (Å²) >= 11 is 7.35. The van der Waals surface area contributed by atoms with Crippen LogP contribution in [0, 0.1) is 5.82 Å². The zero-order valence-electron chi connectivity index (χ0n) is 18.6. The summed E-state index contributed by atoms with van der Waals surface area (Å²) in [5, 5.41) is 4.76. The molecule has 0 aliphatic heterocycles. The van der Waals surface area contributed by atoms with Crippen molar-refractivity contribution in [3.8, 4) is 5.69 Å². The molecule has 4 rings (SSSR count). The quantitative estimate of drug-likeness (QED) is 0.196. The van der Waals surface area contributed by atoms with E-state index in [2.05, 4.69) is 20.0 Å². The maximum absolute atomic E-state index is 15.0. The van der Waals surface area contributed by atoms with E-state index in [4.69, 9.17) is 17.3 Å². The van der Waals surface area contributed by atoms with Crippen LogP contribution in [-0.4, -0.2) is 33.8 Å². The average Bonchev–Trinajstić information content (AvgIpc) is 3.28. The molecule has 0 aliphatic rings. The number of nitrogens with one attached hydrogen (secondary N) is 2. The van der Waals surface area contributed by atoms with Crippen molar-refractivity contribution in [1.29, 1.82) is 0 Å². The topological polar surface area (TPSA) is 114 Å². The summed E-state index contributed by atoms with van der Waals surface area (Å²) in [6.07, 6.45) is 1.25. The zero-order chi connectivity index (χ0) is 25.1. The molecule has 180 valence electrons. The number of nitrogens with zero attached hydrogens (tertiary/aromatic N) is 3. The van der Waals surface area contributed by atoms with Crippen molar-refractivity contribution < 1.29 is 9.18 Å². The van der Waals surface area contributed by atoms with Crippen molar-refractivity contribution in [3.63, 3.8) is 0 Å². The Labute approximate surface area is 211 Å². The first kappa shape index (κ1) is 24.6. The van der Waals surface area contributed by atoms with E-state index in [1.807, 2.05) is 18.4 Å². The third-order valence-electron chi connectivity index (χ3n) is 4.96. The first-order valence-corrected chi connectivity index (χ1v) is 12.7. The van der Waals surface area contributed by atoms with Gasteiger partial charge in [-0.05, 0) is 54.8 Å². The molecule has 2 aromatic heterocycles. The third kappa shape index (κ3) is 5.26. The van der Waals surface area contributed by atoms with Crippen LogP contribution in [0.5, 0.6) is 0 Å². The Morgan fingerprint density at radius 2 is 2.06 bits per heavy atom. The molecule has 0 saturated heterocycles. The van der Waals surface area contributed by atoms with E-state index < -0.39 is 28.1 Å². The van der Waals surface area contributed by atoms with E-state index in [1.165, 1.54) is 29.8 Å². The molecule has 0 spiro atoms. The van der Waals surface area contributed by atoms with Gasteiger partial charge in [-0.2, -0.15) is 0 Å². The number of fused-ring (bicyclic) bond motifs is 1. The molecule has 0 fully saturated rings. The number of carbonyl (C=O) groups excluding carboxylic acids is 1. The summed E-state index contributed by atoms with van der Waals surface area (Å²) < 4.78 is 20.4. The van der Waals surface area contributed by atoms with Crippen LogP contribution >= 0.6 is 33.6 Å². The minimum absolute atomic E-state index is 0.00365. The minimum atomic E-state index is -0.698. The summed E-state index contributed by atoms with van der Waals surface area (Å²) in [7, 11) is 0.911. The average molecular weight is 531 g/mol. The van der Waals surface area contributed by atoms with Crippen molar-refractivity contribution in [2.75, 3.05) is 12.4 Å². The van der Waals surface area contributed by atoms with E-state index in [-0.39, 0.29) is 11.4 Å². The molecule has 0 bridgehead atoms. The molecule has 35 heavy (non-hydrogen) atoms. The predicted molar refractivity (Wildman–Crippen MR) is 143 cm³/mol. The Bertz CT molecular complexity index is 1560. The van der Waals surface area contributed by atoms with Gasteiger partial charge in [-0.3, -0.25) is 19.1 Å². The molecular formula is C23H20ClFN6O2S2. The third-order valence-corrected chi connectivity index (χ3v) is 8.23. The van der Waals surface area contributed by atoms with Gasteiger partial charge in [0.2, 0.25) is 0 Å². The Balaban J connectivity index is 1.56. The molecule has 8 nitrogen and oxygen atoms in total. The fourth-order valence-electron chi connectivity index (χ4n) is 3.26. The lowest BCUT2D eigenvalue weighted by atomic mass is 10.1. The lowest BCUT2D eigenvalue weighted by molar-refractivity contribution is 0.257. The van der Waals surface area contributed by atoms with Crippen LogP contribution in [0.3, 0.4) is 0 Å². The second-order valence-electron chi connectivity index (χ2n) is 7.11. The second kappa shape index (κ2) is 10.4. The first-order valence-electron chi connectivity index (χ1n) is 10.2. The van der Waals surface area contributed by atoms with Crippen LogP contribution in [-0.2, 0) is 0 Å². The standard InChI is InChI=1S/C23H20ClFN6O2S2/c1-3-35(20-9-8-19(24)34-20)30-23(33)29-14-5-7-18(16(25)11-14)31-12-28-17-10-13(21(26)27-2)4-6-15(17)22(31)32/h3-12H,1-2H3,(H2,26,27)(H2,29,30,33). The molecule has 1 unspecified atom stereocenters. The van der Waals surface area contributed by atoms with Gasteiger partial charge in [-0.15, -0.1) is 11.3 Å².